The summed E-state index contributed by atoms with van der Waals surface area (Å²) in [5, 5.41) is 3.26. The zero-order valence-electron chi connectivity index (χ0n) is 10.3. The molecule has 1 aromatic rings. The first-order valence-electron chi connectivity index (χ1n) is 6.20. The van der Waals surface area contributed by atoms with Gasteiger partial charge in [-0.2, -0.15) is 0 Å². The molecule has 0 radical (unpaired) electrons. The number of hydrogen-bond acceptors (Lipinski definition) is 1. The molecule has 0 fully saturated rings. The summed E-state index contributed by atoms with van der Waals surface area (Å²) < 4.78 is 13.1. The maximum absolute atomic E-state index is 13.1. The van der Waals surface area contributed by atoms with Gasteiger partial charge >= 0.3 is 0 Å². The first-order valence-corrected chi connectivity index (χ1v) is 6.20. The van der Waals surface area contributed by atoms with Crippen molar-refractivity contribution in [2.75, 3.05) is 7.05 Å². The Hall–Kier alpha value is -0.890. The van der Waals surface area contributed by atoms with Crippen molar-refractivity contribution < 1.29 is 4.39 Å². The molecule has 1 rings (SSSR count). The van der Waals surface area contributed by atoms with Crippen LogP contribution in [0.15, 0.2) is 24.3 Å². The smallest absolute Gasteiger partial charge is 0.123 e. The van der Waals surface area contributed by atoms with Gasteiger partial charge in [-0.15, -0.1) is 0 Å². The molecule has 2 heteroatoms. The van der Waals surface area contributed by atoms with E-state index in [1.807, 2.05) is 13.1 Å². The second kappa shape index (κ2) is 7.39. The predicted octanol–water partition coefficient (Wildman–Crippen LogP) is 4.06. The number of unbranched alkanes of at least 4 members (excludes halogenated alkanes) is 3. The van der Waals surface area contributed by atoms with Gasteiger partial charge in [0.15, 0.2) is 0 Å². The monoisotopic (exact) mass is 223 g/mol. The summed E-state index contributed by atoms with van der Waals surface area (Å²) in [6.45, 7) is 2.21. The number of benzene rings is 1. The molecule has 0 saturated carbocycles. The SMILES string of the molecule is CCCCCCC(NC)c1cccc(F)c1. The summed E-state index contributed by atoms with van der Waals surface area (Å²) in [7, 11) is 1.94. The highest BCUT2D eigenvalue weighted by Crippen LogP contribution is 2.20. The minimum Gasteiger partial charge on any atom is -0.313 e. The van der Waals surface area contributed by atoms with Gasteiger partial charge in [-0.25, -0.2) is 4.39 Å². The normalized spacial score (nSPS) is 12.7. The number of rotatable bonds is 7. The molecule has 0 amide bonds. The molecular formula is C14H22FN. The Morgan fingerprint density at radius 3 is 2.69 bits per heavy atom. The van der Waals surface area contributed by atoms with E-state index < -0.39 is 0 Å². The van der Waals surface area contributed by atoms with E-state index in [2.05, 4.69) is 12.2 Å². The van der Waals surface area contributed by atoms with Crippen molar-refractivity contribution in [3.63, 3.8) is 0 Å². The molecule has 16 heavy (non-hydrogen) atoms. The number of nitrogens with one attached hydrogen (secondary N) is 1. The van der Waals surface area contributed by atoms with Crippen molar-refractivity contribution in [3.8, 4) is 0 Å². The molecule has 1 nitrogen and oxygen atoms in total. The zero-order valence-corrected chi connectivity index (χ0v) is 10.3. The topological polar surface area (TPSA) is 12.0 Å². The molecule has 0 spiro atoms. The summed E-state index contributed by atoms with van der Waals surface area (Å²) in [6.07, 6.45) is 6.10. The van der Waals surface area contributed by atoms with Crippen LogP contribution in [-0.2, 0) is 0 Å². The van der Waals surface area contributed by atoms with Crippen LogP contribution in [0.2, 0.25) is 0 Å². The van der Waals surface area contributed by atoms with Crippen molar-refractivity contribution in [1.29, 1.82) is 0 Å². The van der Waals surface area contributed by atoms with Gasteiger partial charge in [0, 0.05) is 6.04 Å². The van der Waals surface area contributed by atoms with Gasteiger partial charge in [0.2, 0.25) is 0 Å². The zero-order chi connectivity index (χ0) is 11.8. The summed E-state index contributed by atoms with van der Waals surface area (Å²) in [5.74, 6) is -0.147. The predicted molar refractivity (Wildman–Crippen MR) is 67.0 cm³/mol. The average Bonchev–Trinajstić information content (AvgIpc) is 2.29. The maximum Gasteiger partial charge on any atom is 0.123 e. The van der Waals surface area contributed by atoms with E-state index in [0.29, 0.717) is 0 Å². The molecule has 0 aliphatic heterocycles. The lowest BCUT2D eigenvalue weighted by Gasteiger charge is -2.16. The Balaban J connectivity index is 2.47. The molecular weight excluding hydrogens is 201 g/mol. The minimum absolute atomic E-state index is 0.147. The standard InChI is InChI=1S/C14H22FN/c1-3-4-5-6-10-14(16-2)12-8-7-9-13(15)11-12/h7-9,11,14,16H,3-6,10H2,1-2H3. The lowest BCUT2D eigenvalue weighted by molar-refractivity contribution is 0.502. The first kappa shape index (κ1) is 13.2. The molecule has 1 N–H and O–H groups in total. The summed E-state index contributed by atoms with van der Waals surface area (Å²) in [5.41, 5.74) is 1.05. The quantitative estimate of drug-likeness (QED) is 0.687. The number of halogens is 1. The molecule has 1 atom stereocenters. The van der Waals surface area contributed by atoms with Crippen LogP contribution in [0, 0.1) is 5.82 Å². The van der Waals surface area contributed by atoms with Gasteiger partial charge in [-0.05, 0) is 31.2 Å². The first-order chi connectivity index (χ1) is 7.77. The molecule has 0 heterocycles. The molecule has 0 aromatic heterocycles. The molecule has 0 saturated heterocycles. The van der Waals surface area contributed by atoms with Crippen LogP contribution in [0.5, 0.6) is 0 Å². The summed E-state index contributed by atoms with van der Waals surface area (Å²) in [4.78, 5) is 0. The second-order valence-electron chi connectivity index (χ2n) is 4.25. The van der Waals surface area contributed by atoms with Crippen LogP contribution in [0.4, 0.5) is 4.39 Å². The fraction of sp³-hybridized carbons (Fsp3) is 0.571. The van der Waals surface area contributed by atoms with Crippen molar-refractivity contribution in [2.45, 2.75) is 45.1 Å². The molecule has 1 unspecified atom stereocenters. The number of hydrogen-bond donors (Lipinski definition) is 1. The Labute approximate surface area is 98.1 Å². The highest BCUT2D eigenvalue weighted by Gasteiger charge is 2.08. The third kappa shape index (κ3) is 4.31. The van der Waals surface area contributed by atoms with Gasteiger partial charge in [0.25, 0.3) is 0 Å². The lowest BCUT2D eigenvalue weighted by atomic mass is 10.00. The molecule has 0 bridgehead atoms. The average molecular weight is 223 g/mol. The van der Waals surface area contributed by atoms with E-state index >= 15 is 0 Å². The third-order valence-electron chi connectivity index (χ3n) is 2.95. The van der Waals surface area contributed by atoms with Crippen molar-refractivity contribution in [2.24, 2.45) is 0 Å². The van der Waals surface area contributed by atoms with E-state index in [1.54, 1.807) is 12.1 Å². The van der Waals surface area contributed by atoms with E-state index in [0.717, 1.165) is 12.0 Å². The fourth-order valence-corrected chi connectivity index (χ4v) is 1.98. The van der Waals surface area contributed by atoms with E-state index in [-0.39, 0.29) is 11.9 Å². The highest BCUT2D eigenvalue weighted by atomic mass is 19.1. The van der Waals surface area contributed by atoms with Crippen LogP contribution < -0.4 is 5.32 Å². The molecule has 0 aliphatic carbocycles. The van der Waals surface area contributed by atoms with Crippen LogP contribution in [0.3, 0.4) is 0 Å². The van der Waals surface area contributed by atoms with Crippen molar-refractivity contribution in [3.05, 3.63) is 35.6 Å². The van der Waals surface area contributed by atoms with E-state index in [1.165, 1.54) is 31.7 Å². The van der Waals surface area contributed by atoms with Gasteiger partial charge < -0.3 is 5.32 Å². The van der Waals surface area contributed by atoms with Crippen LogP contribution in [-0.4, -0.2) is 7.05 Å². The Morgan fingerprint density at radius 2 is 2.06 bits per heavy atom. The fourth-order valence-electron chi connectivity index (χ4n) is 1.98. The van der Waals surface area contributed by atoms with Gasteiger partial charge in [-0.1, -0.05) is 44.7 Å². The maximum atomic E-state index is 13.1. The van der Waals surface area contributed by atoms with Crippen LogP contribution in [0.25, 0.3) is 0 Å². The lowest BCUT2D eigenvalue weighted by Crippen LogP contribution is -2.16. The third-order valence-corrected chi connectivity index (χ3v) is 2.95. The van der Waals surface area contributed by atoms with Crippen molar-refractivity contribution >= 4 is 0 Å². The van der Waals surface area contributed by atoms with Crippen molar-refractivity contribution in [1.82, 2.24) is 5.32 Å². The summed E-state index contributed by atoms with van der Waals surface area (Å²) in [6, 6.07) is 7.17. The Morgan fingerprint density at radius 1 is 1.25 bits per heavy atom. The molecule has 1 aromatic carbocycles. The Kier molecular flexibility index (Phi) is 6.09. The van der Waals surface area contributed by atoms with E-state index in [4.69, 9.17) is 0 Å². The largest absolute Gasteiger partial charge is 0.313 e. The van der Waals surface area contributed by atoms with Gasteiger partial charge in [0.1, 0.15) is 5.82 Å². The second-order valence-corrected chi connectivity index (χ2v) is 4.25. The molecule has 90 valence electrons. The molecule has 0 aliphatic rings. The van der Waals surface area contributed by atoms with Gasteiger partial charge in [0.05, 0.1) is 0 Å². The van der Waals surface area contributed by atoms with Gasteiger partial charge in [-0.3, -0.25) is 0 Å². The van der Waals surface area contributed by atoms with Crippen LogP contribution in [0.1, 0.15) is 50.6 Å². The van der Waals surface area contributed by atoms with Crippen LogP contribution >= 0.6 is 0 Å². The summed E-state index contributed by atoms with van der Waals surface area (Å²) >= 11 is 0. The Bertz CT molecular complexity index is 299. The highest BCUT2D eigenvalue weighted by molar-refractivity contribution is 5.19. The van der Waals surface area contributed by atoms with E-state index in [9.17, 15) is 4.39 Å². The minimum atomic E-state index is -0.147.